The molecule has 1 N–H and O–H groups in total. The standard InChI is InChI=1S/C9H10F3N3O2S/c1-18(17,14-6-13)5-7-2-3-8(9(10,11)12)15(16)4-7/h2-4,18H,5H2,1H3,(H,14,17). The van der Waals surface area contributed by atoms with Crippen molar-refractivity contribution in [1.29, 1.82) is 5.26 Å². The second kappa shape index (κ2) is 4.91. The molecule has 0 aromatic carbocycles. The van der Waals surface area contributed by atoms with Crippen molar-refractivity contribution < 1.29 is 22.5 Å². The smallest absolute Gasteiger partial charge is 0.478 e. The summed E-state index contributed by atoms with van der Waals surface area (Å²) < 4.78 is 49.6. The molecule has 0 amide bonds. The topological polar surface area (TPSA) is 83.3 Å². The summed E-state index contributed by atoms with van der Waals surface area (Å²) in [6.45, 7) is 0. The van der Waals surface area contributed by atoms with Crippen LogP contribution < -0.4 is 4.73 Å². The lowest BCUT2D eigenvalue weighted by molar-refractivity contribution is -0.629. The molecule has 1 aromatic rings. The molecule has 0 saturated carbocycles. The van der Waals surface area contributed by atoms with E-state index in [1.165, 1.54) is 12.4 Å². The van der Waals surface area contributed by atoms with Crippen molar-refractivity contribution in [3.63, 3.8) is 0 Å². The largest absolute Gasteiger partial charge is 0.618 e. The number of halogens is 3. The highest BCUT2D eigenvalue weighted by Gasteiger charge is 2.39. The molecule has 0 atom stereocenters. The zero-order valence-corrected chi connectivity index (χ0v) is 10.1. The van der Waals surface area contributed by atoms with Gasteiger partial charge in [-0.3, -0.25) is 0 Å². The molecular formula is C9H10F3N3O2S. The summed E-state index contributed by atoms with van der Waals surface area (Å²) in [7, 11) is -2.91. The first-order chi connectivity index (χ1) is 8.15. The molecule has 0 saturated heterocycles. The van der Waals surface area contributed by atoms with Crippen molar-refractivity contribution in [1.82, 2.24) is 0 Å². The van der Waals surface area contributed by atoms with Gasteiger partial charge >= 0.3 is 6.18 Å². The Labute approximate surface area is 102 Å². The Morgan fingerprint density at radius 1 is 1.56 bits per heavy atom. The zero-order valence-electron chi connectivity index (χ0n) is 9.22. The summed E-state index contributed by atoms with van der Waals surface area (Å²) in [5, 5.41) is 19.5. The highest BCUT2D eigenvalue weighted by atomic mass is 32.3. The van der Waals surface area contributed by atoms with Crippen LogP contribution in [0.2, 0.25) is 0 Å². The monoisotopic (exact) mass is 281 g/mol. The van der Waals surface area contributed by atoms with Gasteiger partial charge in [0, 0.05) is 17.4 Å². The third kappa shape index (κ3) is 3.68. The molecule has 1 heterocycles. The van der Waals surface area contributed by atoms with Gasteiger partial charge in [0.1, 0.15) is 0 Å². The maximum absolute atomic E-state index is 12.3. The Bertz CT molecular complexity index is 545. The predicted molar refractivity (Wildman–Crippen MR) is 59.5 cm³/mol. The van der Waals surface area contributed by atoms with Gasteiger partial charge in [0.15, 0.2) is 6.20 Å². The van der Waals surface area contributed by atoms with E-state index in [2.05, 4.69) is 4.36 Å². The van der Waals surface area contributed by atoms with Gasteiger partial charge in [0.05, 0.1) is 0 Å². The number of hydrogen-bond donors (Lipinski definition) is 2. The summed E-state index contributed by atoms with van der Waals surface area (Å²) in [6.07, 6.45) is -1.24. The van der Waals surface area contributed by atoms with Gasteiger partial charge in [-0.15, -0.1) is 4.36 Å². The third-order valence-electron chi connectivity index (χ3n) is 2.01. The molecule has 0 aliphatic rings. The van der Waals surface area contributed by atoms with E-state index in [1.54, 1.807) is 0 Å². The minimum Gasteiger partial charge on any atom is -0.618 e. The van der Waals surface area contributed by atoms with E-state index < -0.39 is 22.0 Å². The Morgan fingerprint density at radius 3 is 2.61 bits per heavy atom. The molecule has 0 bridgehead atoms. The van der Waals surface area contributed by atoms with Crippen LogP contribution in [0.3, 0.4) is 0 Å². The first-order valence-corrected chi connectivity index (χ1v) is 6.97. The van der Waals surface area contributed by atoms with Gasteiger partial charge in [-0.05, 0) is 12.3 Å². The Morgan fingerprint density at radius 2 is 2.17 bits per heavy atom. The van der Waals surface area contributed by atoms with Crippen molar-refractivity contribution in [2.24, 2.45) is 4.36 Å². The van der Waals surface area contributed by atoms with Crippen LogP contribution in [0, 0.1) is 16.7 Å². The molecule has 0 fully saturated rings. The molecule has 100 valence electrons. The van der Waals surface area contributed by atoms with E-state index in [9.17, 15) is 22.9 Å². The first-order valence-electron chi connectivity index (χ1n) is 4.64. The molecule has 1 aromatic heterocycles. The molecule has 0 radical (unpaired) electrons. The summed E-state index contributed by atoms with van der Waals surface area (Å²) in [5.74, 6) is -0.124. The van der Waals surface area contributed by atoms with Crippen LogP contribution in [-0.4, -0.2) is 10.8 Å². The van der Waals surface area contributed by atoms with E-state index in [1.807, 2.05) is 0 Å². The first kappa shape index (κ1) is 14.4. The van der Waals surface area contributed by atoms with E-state index in [0.717, 1.165) is 12.3 Å². The summed E-state index contributed by atoms with van der Waals surface area (Å²) >= 11 is 0. The normalized spacial score (nSPS) is 12.9. The van der Waals surface area contributed by atoms with Crippen molar-refractivity contribution >= 4 is 10.1 Å². The summed E-state index contributed by atoms with van der Waals surface area (Å²) in [6, 6.07) is 1.72. The molecule has 18 heavy (non-hydrogen) atoms. The zero-order chi connectivity index (χ0) is 14.0. The lowest BCUT2D eigenvalue weighted by Crippen LogP contribution is -2.37. The fourth-order valence-electron chi connectivity index (χ4n) is 1.31. The van der Waals surface area contributed by atoms with Crippen molar-refractivity contribution in [2.75, 3.05) is 6.26 Å². The third-order valence-corrected chi connectivity index (χ3v) is 3.49. The van der Waals surface area contributed by atoms with Crippen LogP contribution in [0.25, 0.3) is 0 Å². The number of alkyl halides is 3. The SMILES string of the molecule is C[SH](O)(Cc1ccc(C(F)(F)F)[n+]([O-])c1)=NC#N. The van der Waals surface area contributed by atoms with Crippen LogP contribution in [-0.2, 0) is 22.0 Å². The molecule has 0 aliphatic carbocycles. The Hall–Kier alpha value is -1.66. The van der Waals surface area contributed by atoms with E-state index in [-0.39, 0.29) is 16.0 Å². The lowest BCUT2D eigenvalue weighted by atomic mass is 10.2. The fourth-order valence-corrected chi connectivity index (χ4v) is 2.46. The van der Waals surface area contributed by atoms with Crippen LogP contribution in [0.1, 0.15) is 11.3 Å². The van der Waals surface area contributed by atoms with Crippen LogP contribution >= 0.6 is 0 Å². The molecular weight excluding hydrogens is 271 g/mol. The minimum absolute atomic E-state index is 0.124. The Kier molecular flexibility index (Phi) is 3.93. The van der Waals surface area contributed by atoms with Gasteiger partial charge in [-0.2, -0.15) is 23.2 Å². The molecule has 0 spiro atoms. The van der Waals surface area contributed by atoms with Gasteiger partial charge in [0.2, 0.25) is 6.19 Å². The van der Waals surface area contributed by atoms with Gasteiger partial charge < -0.3 is 9.76 Å². The van der Waals surface area contributed by atoms with Crippen molar-refractivity contribution in [3.05, 3.63) is 34.8 Å². The number of nitriles is 1. The van der Waals surface area contributed by atoms with Gasteiger partial charge in [-0.25, -0.2) is 0 Å². The number of aromatic nitrogens is 1. The molecule has 1 rings (SSSR count). The maximum atomic E-state index is 12.3. The predicted octanol–water partition coefficient (Wildman–Crippen LogP) is 1.49. The number of hydrogen-bond acceptors (Lipinski definition) is 3. The molecule has 0 unspecified atom stereocenters. The average molecular weight is 281 g/mol. The van der Waals surface area contributed by atoms with Gasteiger partial charge in [-0.1, -0.05) is 10.1 Å². The van der Waals surface area contributed by atoms with Crippen LogP contribution in [0.5, 0.6) is 0 Å². The quantitative estimate of drug-likeness (QED) is 0.373. The van der Waals surface area contributed by atoms with Crippen molar-refractivity contribution in [3.8, 4) is 6.19 Å². The Balaban J connectivity index is 3.08. The lowest BCUT2D eigenvalue weighted by Gasteiger charge is -2.15. The number of rotatable bonds is 2. The van der Waals surface area contributed by atoms with Crippen molar-refractivity contribution in [2.45, 2.75) is 11.9 Å². The second-order valence-corrected chi connectivity index (χ2v) is 6.39. The van der Waals surface area contributed by atoms with Crippen LogP contribution in [0.4, 0.5) is 13.2 Å². The van der Waals surface area contributed by atoms with E-state index >= 15 is 0 Å². The average Bonchev–Trinajstić information content (AvgIpc) is 2.13. The highest BCUT2D eigenvalue weighted by molar-refractivity contribution is 7.98. The van der Waals surface area contributed by atoms with E-state index in [4.69, 9.17) is 5.26 Å². The highest BCUT2D eigenvalue weighted by Crippen LogP contribution is 2.26. The van der Waals surface area contributed by atoms with E-state index in [0.29, 0.717) is 6.07 Å². The fraction of sp³-hybridized carbons (Fsp3) is 0.333. The van der Waals surface area contributed by atoms with Crippen LogP contribution in [0.15, 0.2) is 22.7 Å². The number of thiol groups is 1. The number of pyridine rings is 1. The summed E-state index contributed by atoms with van der Waals surface area (Å²) in [5.41, 5.74) is -1.14. The maximum Gasteiger partial charge on any atom is 0.478 e. The molecule has 0 aliphatic heterocycles. The molecule has 9 heteroatoms. The molecule has 5 nitrogen and oxygen atoms in total. The number of nitrogens with zero attached hydrogens (tertiary/aromatic N) is 3. The summed E-state index contributed by atoms with van der Waals surface area (Å²) in [4.78, 5) is 0. The van der Waals surface area contributed by atoms with Gasteiger partial charge in [0.25, 0.3) is 5.69 Å². The minimum atomic E-state index is -4.73. The second-order valence-electron chi connectivity index (χ2n) is 3.69.